The van der Waals surface area contributed by atoms with Crippen molar-refractivity contribution in [2.45, 2.75) is 19.9 Å². The summed E-state index contributed by atoms with van der Waals surface area (Å²) in [5, 5.41) is 0.830. The van der Waals surface area contributed by atoms with Gasteiger partial charge in [0.05, 0.1) is 14.9 Å². The maximum absolute atomic E-state index is 12.4. The average Bonchev–Trinajstić information content (AvgIpc) is 3.02. The summed E-state index contributed by atoms with van der Waals surface area (Å²) in [7, 11) is 1.76. The lowest BCUT2D eigenvalue weighted by atomic mass is 10.2. The van der Waals surface area contributed by atoms with Crippen LogP contribution in [0.3, 0.4) is 0 Å². The molecule has 1 atom stereocenters. The van der Waals surface area contributed by atoms with Gasteiger partial charge in [0, 0.05) is 19.6 Å². The minimum absolute atomic E-state index is 0.00336. The summed E-state index contributed by atoms with van der Waals surface area (Å²) >= 11 is 8.80. The molecule has 20 heavy (non-hydrogen) atoms. The minimum Gasteiger partial charge on any atom is -0.337 e. The summed E-state index contributed by atoms with van der Waals surface area (Å²) in [5.74, 6) is -0.0353. The van der Waals surface area contributed by atoms with Crippen LogP contribution in [0.15, 0.2) is 12.1 Å². The molecule has 108 valence electrons. The Morgan fingerprint density at radius 3 is 2.75 bits per heavy atom. The molecule has 2 aromatic rings. The topological polar surface area (TPSA) is 59.2 Å². The lowest BCUT2D eigenvalue weighted by molar-refractivity contribution is 0.0752. The molecule has 0 aliphatic heterocycles. The number of nitrogens with zero attached hydrogens (tertiary/aromatic N) is 2. The van der Waals surface area contributed by atoms with Crippen LogP contribution >= 0.6 is 34.3 Å². The maximum atomic E-state index is 12.4. The van der Waals surface area contributed by atoms with Gasteiger partial charge in [-0.05, 0) is 26.0 Å². The largest absolute Gasteiger partial charge is 0.337 e. The molecule has 0 aliphatic rings. The van der Waals surface area contributed by atoms with Gasteiger partial charge in [-0.1, -0.05) is 11.6 Å². The molecule has 0 spiro atoms. The lowest BCUT2D eigenvalue weighted by Gasteiger charge is -2.23. The van der Waals surface area contributed by atoms with Crippen molar-refractivity contribution >= 4 is 40.2 Å². The fourth-order valence-corrected chi connectivity index (χ4v) is 3.79. The summed E-state index contributed by atoms with van der Waals surface area (Å²) in [4.78, 5) is 20.2. The van der Waals surface area contributed by atoms with E-state index in [1.54, 1.807) is 11.9 Å². The van der Waals surface area contributed by atoms with E-state index in [-0.39, 0.29) is 11.9 Å². The Bertz CT molecular complexity index is 623. The number of carbonyl (C=O) groups excluding carboxylic acids is 1. The normalized spacial score (nSPS) is 12.4. The Hall–Kier alpha value is -0.950. The van der Waals surface area contributed by atoms with Crippen LogP contribution in [0, 0.1) is 6.92 Å². The average molecular weight is 330 g/mol. The molecule has 0 fully saturated rings. The van der Waals surface area contributed by atoms with Crippen LogP contribution in [0.25, 0.3) is 9.88 Å². The lowest BCUT2D eigenvalue weighted by Crippen LogP contribution is -2.39. The van der Waals surface area contributed by atoms with Crippen LogP contribution in [0.5, 0.6) is 0 Å². The third-order valence-electron chi connectivity index (χ3n) is 3.10. The zero-order valence-electron chi connectivity index (χ0n) is 11.5. The molecule has 4 nitrogen and oxygen atoms in total. The van der Waals surface area contributed by atoms with Crippen molar-refractivity contribution in [3.05, 3.63) is 27.0 Å². The van der Waals surface area contributed by atoms with Gasteiger partial charge in [0.1, 0.15) is 9.88 Å². The van der Waals surface area contributed by atoms with E-state index in [4.69, 9.17) is 17.3 Å². The minimum atomic E-state index is -0.0353. The number of likely N-dealkylation sites (N-methyl/N-ethyl adjacent to an activating group) is 1. The first-order chi connectivity index (χ1) is 9.43. The van der Waals surface area contributed by atoms with Gasteiger partial charge in [0.25, 0.3) is 5.91 Å². The molecular weight excluding hydrogens is 314 g/mol. The second-order valence-corrected chi connectivity index (χ2v) is 7.25. The van der Waals surface area contributed by atoms with E-state index >= 15 is 0 Å². The molecule has 2 N–H and O–H groups in total. The molecule has 0 saturated carbocycles. The molecule has 0 bridgehead atoms. The second-order valence-electron chi connectivity index (χ2n) is 4.54. The highest BCUT2D eigenvalue weighted by Gasteiger charge is 2.22. The first kappa shape index (κ1) is 15.4. The Labute approximate surface area is 131 Å². The van der Waals surface area contributed by atoms with Gasteiger partial charge in [-0.3, -0.25) is 4.79 Å². The highest BCUT2D eigenvalue weighted by Crippen LogP contribution is 2.35. The number of aryl methyl sites for hydroxylation is 1. The molecular formula is C13H16ClN3OS2. The van der Waals surface area contributed by atoms with E-state index in [9.17, 15) is 4.79 Å². The van der Waals surface area contributed by atoms with Crippen molar-refractivity contribution in [1.82, 2.24) is 9.88 Å². The molecule has 0 aliphatic carbocycles. The number of amides is 1. The number of thiazole rings is 1. The Morgan fingerprint density at radius 1 is 1.50 bits per heavy atom. The first-order valence-corrected chi connectivity index (χ1v) is 8.15. The number of hydrogen-bond donors (Lipinski definition) is 1. The van der Waals surface area contributed by atoms with Gasteiger partial charge in [0.15, 0.2) is 0 Å². The Balaban J connectivity index is 2.30. The van der Waals surface area contributed by atoms with E-state index in [0.717, 1.165) is 19.9 Å². The number of thiophene rings is 1. The second kappa shape index (κ2) is 6.22. The van der Waals surface area contributed by atoms with Gasteiger partial charge in [-0.25, -0.2) is 4.98 Å². The van der Waals surface area contributed by atoms with Crippen LogP contribution in [0.2, 0.25) is 4.34 Å². The highest BCUT2D eigenvalue weighted by molar-refractivity contribution is 7.24. The van der Waals surface area contributed by atoms with E-state index in [0.29, 0.717) is 11.4 Å². The third kappa shape index (κ3) is 3.03. The van der Waals surface area contributed by atoms with Crippen molar-refractivity contribution in [3.63, 3.8) is 0 Å². The summed E-state index contributed by atoms with van der Waals surface area (Å²) in [6, 6.07) is 3.76. The first-order valence-electron chi connectivity index (χ1n) is 6.14. The predicted molar refractivity (Wildman–Crippen MR) is 85.8 cm³/mol. The van der Waals surface area contributed by atoms with Gasteiger partial charge in [0.2, 0.25) is 0 Å². The summed E-state index contributed by atoms with van der Waals surface area (Å²) in [5.41, 5.74) is 6.35. The quantitative estimate of drug-likeness (QED) is 0.936. The van der Waals surface area contributed by atoms with E-state index < -0.39 is 0 Å². The molecule has 1 amide bonds. The number of hydrogen-bond acceptors (Lipinski definition) is 5. The number of carbonyl (C=O) groups is 1. The number of aromatic nitrogens is 1. The Kier molecular flexibility index (Phi) is 4.80. The molecule has 7 heteroatoms. The Morgan fingerprint density at radius 2 is 2.20 bits per heavy atom. The molecule has 2 rings (SSSR count). The van der Waals surface area contributed by atoms with E-state index in [1.165, 1.54) is 22.7 Å². The SMILES string of the molecule is Cc1nc(-c2ccc(Cl)s2)sc1C(=O)N(C)C(C)CN. The van der Waals surface area contributed by atoms with Crippen LogP contribution in [-0.2, 0) is 0 Å². The van der Waals surface area contributed by atoms with Crippen molar-refractivity contribution in [3.8, 4) is 9.88 Å². The van der Waals surface area contributed by atoms with Gasteiger partial charge in [-0.15, -0.1) is 22.7 Å². The van der Waals surface area contributed by atoms with E-state index in [2.05, 4.69) is 4.98 Å². The molecule has 2 aromatic heterocycles. The number of halogens is 1. The summed E-state index contributed by atoms with van der Waals surface area (Å²) < 4.78 is 0.717. The molecule has 0 saturated heterocycles. The monoisotopic (exact) mass is 329 g/mol. The zero-order chi connectivity index (χ0) is 14.9. The fourth-order valence-electron chi connectivity index (χ4n) is 1.65. The third-order valence-corrected chi connectivity index (χ3v) is 5.64. The van der Waals surface area contributed by atoms with Gasteiger partial charge >= 0.3 is 0 Å². The van der Waals surface area contributed by atoms with Crippen LogP contribution in [0.4, 0.5) is 0 Å². The number of nitrogens with two attached hydrogens (primary N) is 1. The van der Waals surface area contributed by atoms with Gasteiger partial charge in [-0.2, -0.15) is 0 Å². The molecule has 1 unspecified atom stereocenters. The maximum Gasteiger partial charge on any atom is 0.265 e. The number of rotatable bonds is 4. The van der Waals surface area contributed by atoms with Crippen molar-refractivity contribution in [1.29, 1.82) is 0 Å². The summed E-state index contributed by atoms with van der Waals surface area (Å²) in [6.45, 7) is 4.21. The fraction of sp³-hybridized carbons (Fsp3) is 0.385. The van der Waals surface area contributed by atoms with Crippen LogP contribution in [-0.4, -0.2) is 35.4 Å². The van der Waals surface area contributed by atoms with Crippen LogP contribution in [0.1, 0.15) is 22.3 Å². The molecule has 0 radical (unpaired) electrons. The zero-order valence-corrected chi connectivity index (χ0v) is 13.9. The molecule has 2 heterocycles. The van der Waals surface area contributed by atoms with Crippen molar-refractivity contribution in [2.24, 2.45) is 5.73 Å². The van der Waals surface area contributed by atoms with Crippen molar-refractivity contribution < 1.29 is 4.79 Å². The summed E-state index contributed by atoms with van der Waals surface area (Å²) in [6.07, 6.45) is 0. The smallest absolute Gasteiger partial charge is 0.265 e. The highest BCUT2D eigenvalue weighted by atomic mass is 35.5. The van der Waals surface area contributed by atoms with E-state index in [1.807, 2.05) is 26.0 Å². The van der Waals surface area contributed by atoms with Crippen LogP contribution < -0.4 is 5.73 Å². The van der Waals surface area contributed by atoms with Crippen molar-refractivity contribution in [2.75, 3.05) is 13.6 Å². The standard InChI is InChI=1S/C13H16ClN3OS2/c1-7(6-15)17(3)13(18)11-8(2)16-12(20-11)9-4-5-10(14)19-9/h4-5,7H,6,15H2,1-3H3. The predicted octanol–water partition coefficient (Wildman–Crippen LogP) is 3.25. The molecule has 0 aromatic carbocycles. The van der Waals surface area contributed by atoms with Gasteiger partial charge < -0.3 is 10.6 Å².